The summed E-state index contributed by atoms with van der Waals surface area (Å²) in [6.45, 7) is 6.76. The van der Waals surface area contributed by atoms with E-state index in [1.807, 2.05) is 0 Å². The summed E-state index contributed by atoms with van der Waals surface area (Å²) in [7, 11) is 0. The maximum Gasteiger partial charge on any atom is 0.145 e. The van der Waals surface area contributed by atoms with E-state index < -0.39 is 0 Å². The second kappa shape index (κ2) is 4.08. The van der Waals surface area contributed by atoms with E-state index >= 15 is 0 Å². The number of aldehydes is 1. The smallest absolute Gasteiger partial charge is 0.145 e. The Bertz CT molecular complexity index is 218. The lowest BCUT2D eigenvalue weighted by molar-refractivity contribution is -0.105. The number of hydrogen-bond donors (Lipinski definition) is 0. The van der Waals surface area contributed by atoms with Crippen LogP contribution in [0.3, 0.4) is 0 Å². The Morgan fingerprint density at radius 2 is 2.00 bits per heavy atom. The molecule has 0 heterocycles. The van der Waals surface area contributed by atoms with Crippen molar-refractivity contribution in [3.63, 3.8) is 0 Å². The molecule has 74 valence electrons. The first-order chi connectivity index (χ1) is 6.03. The largest absolute Gasteiger partial charge is 0.298 e. The number of hydrogen-bond acceptors (Lipinski definition) is 1. The summed E-state index contributed by atoms with van der Waals surface area (Å²) in [4.78, 5) is 10.7. The van der Waals surface area contributed by atoms with Crippen molar-refractivity contribution in [1.29, 1.82) is 0 Å². The van der Waals surface area contributed by atoms with E-state index in [0.717, 1.165) is 31.1 Å². The van der Waals surface area contributed by atoms with E-state index in [1.54, 1.807) is 0 Å². The molecule has 0 aliphatic heterocycles. The van der Waals surface area contributed by atoms with Crippen LogP contribution in [0, 0.1) is 5.41 Å². The van der Waals surface area contributed by atoms with Crippen LogP contribution in [0.25, 0.3) is 0 Å². The Kier molecular flexibility index (Phi) is 3.29. The molecule has 0 radical (unpaired) electrons. The van der Waals surface area contributed by atoms with Gasteiger partial charge in [0.1, 0.15) is 6.29 Å². The van der Waals surface area contributed by atoms with Gasteiger partial charge in [-0.25, -0.2) is 0 Å². The average Bonchev–Trinajstić information content (AvgIpc) is 2.46. The van der Waals surface area contributed by atoms with Crippen molar-refractivity contribution in [3.05, 3.63) is 11.1 Å². The highest BCUT2D eigenvalue weighted by molar-refractivity contribution is 5.75. The van der Waals surface area contributed by atoms with E-state index in [-0.39, 0.29) is 0 Å². The first-order valence-corrected chi connectivity index (χ1v) is 5.19. The molecular weight excluding hydrogens is 160 g/mol. The third-order valence-electron chi connectivity index (χ3n) is 2.70. The van der Waals surface area contributed by atoms with Gasteiger partial charge in [0.2, 0.25) is 0 Å². The summed E-state index contributed by atoms with van der Waals surface area (Å²) in [6, 6.07) is 0. The lowest BCUT2D eigenvalue weighted by Gasteiger charge is -2.18. The van der Waals surface area contributed by atoms with Crippen molar-refractivity contribution >= 4 is 6.29 Å². The Balaban J connectivity index is 2.49. The zero-order valence-electron chi connectivity index (χ0n) is 9.02. The zero-order chi connectivity index (χ0) is 9.90. The van der Waals surface area contributed by atoms with Crippen molar-refractivity contribution in [2.45, 2.75) is 52.9 Å². The van der Waals surface area contributed by atoms with Gasteiger partial charge >= 0.3 is 0 Å². The van der Waals surface area contributed by atoms with Crippen LogP contribution in [0.15, 0.2) is 11.1 Å². The van der Waals surface area contributed by atoms with Crippen molar-refractivity contribution < 1.29 is 4.79 Å². The van der Waals surface area contributed by atoms with Crippen LogP contribution in [0.4, 0.5) is 0 Å². The maximum atomic E-state index is 10.7. The summed E-state index contributed by atoms with van der Waals surface area (Å²) in [5.41, 5.74) is 2.90. The molecule has 1 aliphatic carbocycles. The summed E-state index contributed by atoms with van der Waals surface area (Å²) in [5.74, 6) is 0. The van der Waals surface area contributed by atoms with Crippen molar-refractivity contribution in [2.24, 2.45) is 5.41 Å². The van der Waals surface area contributed by atoms with Crippen molar-refractivity contribution in [1.82, 2.24) is 0 Å². The quantitative estimate of drug-likeness (QED) is 0.607. The predicted molar refractivity (Wildman–Crippen MR) is 55.6 cm³/mol. The van der Waals surface area contributed by atoms with E-state index in [2.05, 4.69) is 20.8 Å². The maximum absolute atomic E-state index is 10.7. The molecule has 1 heteroatoms. The Morgan fingerprint density at radius 1 is 1.31 bits per heavy atom. The predicted octanol–water partition coefficient (Wildman–Crippen LogP) is 3.49. The number of carbonyl (C=O) groups is 1. The zero-order valence-corrected chi connectivity index (χ0v) is 9.02. The topological polar surface area (TPSA) is 17.1 Å². The first-order valence-electron chi connectivity index (χ1n) is 5.19. The summed E-state index contributed by atoms with van der Waals surface area (Å²) < 4.78 is 0. The standard InChI is InChI=1S/C12H20O/c1-12(2,3)8-7-10-5-4-6-11(10)9-13/h9H,4-8H2,1-3H3. The fourth-order valence-electron chi connectivity index (χ4n) is 1.78. The molecule has 0 saturated carbocycles. The Morgan fingerprint density at radius 3 is 2.54 bits per heavy atom. The van der Waals surface area contributed by atoms with Crippen molar-refractivity contribution in [3.8, 4) is 0 Å². The molecule has 1 aliphatic rings. The van der Waals surface area contributed by atoms with Gasteiger partial charge in [-0.1, -0.05) is 26.3 Å². The number of rotatable bonds is 3. The van der Waals surface area contributed by atoms with E-state index in [9.17, 15) is 4.79 Å². The molecule has 0 N–H and O–H groups in total. The molecule has 0 bridgehead atoms. The van der Waals surface area contributed by atoms with E-state index in [4.69, 9.17) is 0 Å². The van der Waals surface area contributed by atoms with Gasteiger partial charge in [0.05, 0.1) is 0 Å². The van der Waals surface area contributed by atoms with Gasteiger partial charge in [0.15, 0.2) is 0 Å². The highest BCUT2D eigenvalue weighted by atomic mass is 16.1. The molecule has 0 aromatic rings. The lowest BCUT2D eigenvalue weighted by atomic mass is 9.88. The van der Waals surface area contributed by atoms with E-state index in [0.29, 0.717) is 5.41 Å². The number of carbonyl (C=O) groups excluding carboxylic acids is 1. The van der Waals surface area contributed by atoms with E-state index in [1.165, 1.54) is 18.4 Å². The Labute approximate surface area is 81.2 Å². The molecule has 0 unspecified atom stereocenters. The Hall–Kier alpha value is -0.590. The van der Waals surface area contributed by atoms with Gasteiger partial charge in [-0.3, -0.25) is 4.79 Å². The molecule has 1 rings (SSSR count). The molecule has 1 nitrogen and oxygen atoms in total. The molecule has 0 aromatic heterocycles. The van der Waals surface area contributed by atoms with Gasteiger partial charge in [-0.05, 0) is 43.1 Å². The highest BCUT2D eigenvalue weighted by Gasteiger charge is 2.16. The minimum absolute atomic E-state index is 0.392. The fourth-order valence-corrected chi connectivity index (χ4v) is 1.78. The van der Waals surface area contributed by atoms with Gasteiger partial charge in [0.25, 0.3) is 0 Å². The van der Waals surface area contributed by atoms with Crippen LogP contribution in [0.2, 0.25) is 0 Å². The van der Waals surface area contributed by atoms with Crippen LogP contribution in [0.1, 0.15) is 52.9 Å². The van der Waals surface area contributed by atoms with Crippen LogP contribution in [-0.4, -0.2) is 6.29 Å². The second-order valence-corrected chi connectivity index (χ2v) is 5.16. The molecule has 13 heavy (non-hydrogen) atoms. The van der Waals surface area contributed by atoms with Crippen molar-refractivity contribution in [2.75, 3.05) is 0 Å². The number of allylic oxidation sites excluding steroid dienone is 2. The lowest BCUT2D eigenvalue weighted by Crippen LogP contribution is -2.05. The SMILES string of the molecule is CC(C)(C)CCC1=C(C=O)CCC1. The average molecular weight is 180 g/mol. The molecule has 0 spiro atoms. The minimum Gasteiger partial charge on any atom is -0.298 e. The van der Waals surface area contributed by atoms with Crippen LogP contribution >= 0.6 is 0 Å². The molecule has 0 aromatic carbocycles. The highest BCUT2D eigenvalue weighted by Crippen LogP contribution is 2.31. The molecule has 0 saturated heterocycles. The second-order valence-electron chi connectivity index (χ2n) is 5.16. The van der Waals surface area contributed by atoms with Gasteiger partial charge in [0, 0.05) is 0 Å². The van der Waals surface area contributed by atoms with Crippen LogP contribution in [0.5, 0.6) is 0 Å². The normalized spacial score (nSPS) is 18.1. The summed E-state index contributed by atoms with van der Waals surface area (Å²) in [6.07, 6.45) is 6.74. The van der Waals surface area contributed by atoms with Crippen LogP contribution in [-0.2, 0) is 4.79 Å². The monoisotopic (exact) mass is 180 g/mol. The van der Waals surface area contributed by atoms with Gasteiger partial charge < -0.3 is 0 Å². The third-order valence-corrected chi connectivity index (χ3v) is 2.70. The fraction of sp³-hybridized carbons (Fsp3) is 0.750. The van der Waals surface area contributed by atoms with Crippen LogP contribution < -0.4 is 0 Å². The minimum atomic E-state index is 0.392. The third kappa shape index (κ3) is 3.33. The summed E-state index contributed by atoms with van der Waals surface area (Å²) in [5, 5.41) is 0. The molecular formula is C12H20O. The molecule has 0 atom stereocenters. The molecule has 0 fully saturated rings. The summed E-state index contributed by atoms with van der Waals surface area (Å²) >= 11 is 0. The molecule has 0 amide bonds. The first kappa shape index (κ1) is 10.5. The van der Waals surface area contributed by atoms with Gasteiger partial charge in [-0.15, -0.1) is 0 Å². The van der Waals surface area contributed by atoms with Gasteiger partial charge in [-0.2, -0.15) is 0 Å².